The van der Waals surface area contributed by atoms with Crippen LogP contribution in [0.4, 0.5) is 0 Å². The number of nitrogens with zero attached hydrogens (tertiary/aromatic N) is 1. The van der Waals surface area contributed by atoms with Gasteiger partial charge in [0.2, 0.25) is 0 Å². The van der Waals surface area contributed by atoms with Gasteiger partial charge in [0.25, 0.3) is 5.91 Å². The van der Waals surface area contributed by atoms with Crippen LogP contribution < -0.4 is 0 Å². The van der Waals surface area contributed by atoms with Crippen LogP contribution in [0.2, 0.25) is 5.02 Å². The van der Waals surface area contributed by atoms with Crippen molar-refractivity contribution in [2.75, 3.05) is 13.2 Å². The Bertz CT molecular complexity index is 718. The highest BCUT2D eigenvalue weighted by atomic mass is 35.5. The standard InChI is InChI=1S/C20H22ClNO3/c1-3-25-19(23)12-13-22(15(2)16-8-5-4-6-9-16)20(24)17-10-7-11-18(21)14-17/h4-11,14-15H,3,12-13H2,1-2H3. The minimum atomic E-state index is -0.313. The molecule has 0 aliphatic rings. The zero-order chi connectivity index (χ0) is 18.2. The third kappa shape index (κ3) is 5.33. The van der Waals surface area contributed by atoms with E-state index in [2.05, 4.69) is 0 Å². The fourth-order valence-corrected chi connectivity index (χ4v) is 2.81. The Balaban J connectivity index is 2.24. The average Bonchev–Trinajstić information content (AvgIpc) is 2.62. The molecule has 0 aromatic heterocycles. The van der Waals surface area contributed by atoms with Crippen LogP contribution in [-0.4, -0.2) is 29.9 Å². The van der Waals surface area contributed by atoms with Gasteiger partial charge in [-0.3, -0.25) is 9.59 Å². The number of ether oxygens (including phenoxy) is 1. The maximum atomic E-state index is 13.0. The third-order valence-electron chi connectivity index (χ3n) is 3.94. The molecular formula is C20H22ClNO3. The number of esters is 1. The Kier molecular flexibility index (Phi) is 7.02. The van der Waals surface area contributed by atoms with Crippen LogP contribution in [0.15, 0.2) is 54.6 Å². The summed E-state index contributed by atoms with van der Waals surface area (Å²) in [4.78, 5) is 26.4. The van der Waals surface area contributed by atoms with Crippen LogP contribution in [-0.2, 0) is 9.53 Å². The lowest BCUT2D eigenvalue weighted by Crippen LogP contribution is -2.35. The van der Waals surface area contributed by atoms with Crippen LogP contribution in [0.5, 0.6) is 0 Å². The molecule has 0 saturated heterocycles. The highest BCUT2D eigenvalue weighted by Crippen LogP contribution is 2.23. The van der Waals surface area contributed by atoms with Crippen molar-refractivity contribution < 1.29 is 14.3 Å². The van der Waals surface area contributed by atoms with Crippen LogP contribution in [0.25, 0.3) is 0 Å². The summed E-state index contributed by atoms with van der Waals surface area (Å²) >= 11 is 6.01. The summed E-state index contributed by atoms with van der Waals surface area (Å²) in [5.41, 5.74) is 1.50. The van der Waals surface area contributed by atoms with E-state index in [0.29, 0.717) is 17.2 Å². The molecule has 0 N–H and O–H groups in total. The van der Waals surface area contributed by atoms with Gasteiger partial charge < -0.3 is 9.64 Å². The first-order valence-corrected chi connectivity index (χ1v) is 8.67. The molecule has 2 aromatic rings. The molecule has 0 aliphatic heterocycles. The number of amides is 1. The molecule has 0 saturated carbocycles. The molecular weight excluding hydrogens is 338 g/mol. The van der Waals surface area contributed by atoms with Gasteiger partial charge in [0.1, 0.15) is 0 Å². The zero-order valence-electron chi connectivity index (χ0n) is 14.4. The number of hydrogen-bond acceptors (Lipinski definition) is 3. The average molecular weight is 360 g/mol. The molecule has 0 bridgehead atoms. The number of halogens is 1. The van der Waals surface area contributed by atoms with E-state index in [1.165, 1.54) is 0 Å². The largest absolute Gasteiger partial charge is 0.466 e. The highest BCUT2D eigenvalue weighted by molar-refractivity contribution is 6.30. The van der Waals surface area contributed by atoms with E-state index in [9.17, 15) is 9.59 Å². The summed E-state index contributed by atoms with van der Waals surface area (Å²) in [6, 6.07) is 16.4. The number of hydrogen-bond donors (Lipinski definition) is 0. The van der Waals surface area contributed by atoms with Crippen molar-refractivity contribution >= 4 is 23.5 Å². The van der Waals surface area contributed by atoms with Crippen molar-refractivity contribution in [3.63, 3.8) is 0 Å². The Morgan fingerprint density at radius 1 is 1.12 bits per heavy atom. The molecule has 1 atom stereocenters. The summed E-state index contributed by atoms with van der Waals surface area (Å²) in [5.74, 6) is -0.477. The lowest BCUT2D eigenvalue weighted by molar-refractivity contribution is -0.143. The van der Waals surface area contributed by atoms with Crippen molar-refractivity contribution in [3.8, 4) is 0 Å². The maximum absolute atomic E-state index is 13.0. The van der Waals surface area contributed by atoms with Gasteiger partial charge >= 0.3 is 5.97 Å². The second-order valence-corrected chi connectivity index (χ2v) is 6.09. The fourth-order valence-electron chi connectivity index (χ4n) is 2.61. The van der Waals surface area contributed by atoms with Crippen LogP contribution in [0.3, 0.4) is 0 Å². The first-order valence-electron chi connectivity index (χ1n) is 8.30. The van der Waals surface area contributed by atoms with E-state index in [1.54, 1.807) is 36.1 Å². The SMILES string of the molecule is CCOC(=O)CCN(C(=O)c1cccc(Cl)c1)C(C)c1ccccc1. The Labute approximate surface area is 153 Å². The Morgan fingerprint density at radius 3 is 2.48 bits per heavy atom. The van der Waals surface area contributed by atoms with Crippen molar-refractivity contribution in [1.29, 1.82) is 0 Å². The van der Waals surface area contributed by atoms with E-state index < -0.39 is 0 Å². The van der Waals surface area contributed by atoms with Crippen LogP contribution in [0.1, 0.15) is 42.2 Å². The molecule has 4 nitrogen and oxygen atoms in total. The van der Waals surface area contributed by atoms with Gasteiger partial charge in [-0.25, -0.2) is 0 Å². The number of carbonyl (C=O) groups is 2. The van der Waals surface area contributed by atoms with E-state index in [4.69, 9.17) is 16.3 Å². The highest BCUT2D eigenvalue weighted by Gasteiger charge is 2.23. The molecule has 0 spiro atoms. The second-order valence-electron chi connectivity index (χ2n) is 5.65. The number of benzene rings is 2. The molecule has 25 heavy (non-hydrogen) atoms. The maximum Gasteiger partial charge on any atom is 0.307 e. The predicted octanol–water partition coefficient (Wildman–Crippen LogP) is 4.50. The van der Waals surface area contributed by atoms with Gasteiger partial charge in [-0.05, 0) is 37.6 Å². The molecule has 5 heteroatoms. The fraction of sp³-hybridized carbons (Fsp3) is 0.300. The normalized spacial score (nSPS) is 11.6. The van der Waals surface area contributed by atoms with Crippen LogP contribution in [0, 0.1) is 0 Å². The third-order valence-corrected chi connectivity index (χ3v) is 4.18. The summed E-state index contributed by atoms with van der Waals surface area (Å²) in [5, 5.41) is 0.503. The summed E-state index contributed by atoms with van der Waals surface area (Å²) in [6.07, 6.45) is 0.150. The summed E-state index contributed by atoms with van der Waals surface area (Å²) < 4.78 is 4.98. The predicted molar refractivity (Wildman–Crippen MR) is 98.6 cm³/mol. The lowest BCUT2D eigenvalue weighted by atomic mass is 10.1. The van der Waals surface area contributed by atoms with Gasteiger partial charge in [0.05, 0.1) is 19.1 Å². The van der Waals surface area contributed by atoms with Crippen molar-refractivity contribution in [2.24, 2.45) is 0 Å². The molecule has 1 unspecified atom stereocenters. The van der Waals surface area contributed by atoms with E-state index in [0.717, 1.165) is 5.56 Å². The van der Waals surface area contributed by atoms with E-state index in [-0.39, 0.29) is 30.9 Å². The lowest BCUT2D eigenvalue weighted by Gasteiger charge is -2.29. The van der Waals surface area contributed by atoms with Gasteiger partial charge in [-0.2, -0.15) is 0 Å². The minimum absolute atomic E-state index is 0.150. The first-order chi connectivity index (χ1) is 12.0. The Hall–Kier alpha value is -2.33. The molecule has 0 radical (unpaired) electrons. The van der Waals surface area contributed by atoms with Crippen molar-refractivity contribution in [2.45, 2.75) is 26.3 Å². The van der Waals surface area contributed by atoms with Crippen molar-refractivity contribution in [3.05, 3.63) is 70.7 Å². The monoisotopic (exact) mass is 359 g/mol. The summed E-state index contributed by atoms with van der Waals surface area (Å²) in [7, 11) is 0. The molecule has 132 valence electrons. The number of carbonyl (C=O) groups excluding carboxylic acids is 2. The van der Waals surface area contributed by atoms with E-state index in [1.807, 2.05) is 37.3 Å². The minimum Gasteiger partial charge on any atom is -0.466 e. The molecule has 0 heterocycles. The molecule has 1 amide bonds. The Morgan fingerprint density at radius 2 is 1.84 bits per heavy atom. The quantitative estimate of drug-likeness (QED) is 0.684. The zero-order valence-corrected chi connectivity index (χ0v) is 15.2. The second kappa shape index (κ2) is 9.23. The van der Waals surface area contributed by atoms with Crippen molar-refractivity contribution in [1.82, 2.24) is 4.90 Å². The van der Waals surface area contributed by atoms with E-state index >= 15 is 0 Å². The first kappa shape index (κ1) is 19.0. The van der Waals surface area contributed by atoms with Gasteiger partial charge in [0, 0.05) is 17.1 Å². The van der Waals surface area contributed by atoms with Gasteiger partial charge in [-0.15, -0.1) is 0 Å². The topological polar surface area (TPSA) is 46.6 Å². The number of rotatable bonds is 7. The smallest absolute Gasteiger partial charge is 0.307 e. The molecule has 2 aromatic carbocycles. The molecule has 2 rings (SSSR count). The molecule has 0 aliphatic carbocycles. The van der Waals surface area contributed by atoms with Gasteiger partial charge in [-0.1, -0.05) is 48.0 Å². The summed E-state index contributed by atoms with van der Waals surface area (Å²) in [6.45, 7) is 4.32. The van der Waals surface area contributed by atoms with Gasteiger partial charge in [0.15, 0.2) is 0 Å². The molecule has 0 fully saturated rings. The van der Waals surface area contributed by atoms with Crippen LogP contribution >= 0.6 is 11.6 Å².